The molecule has 1 N–H and O–H groups in total. The van der Waals surface area contributed by atoms with Gasteiger partial charge in [-0.15, -0.1) is 11.3 Å². The normalized spacial score (nSPS) is 11.9. The molecule has 0 aliphatic rings. The third-order valence-corrected chi connectivity index (χ3v) is 5.88. The number of anilines is 1. The summed E-state index contributed by atoms with van der Waals surface area (Å²) in [5.74, 6) is -0.195. The molecule has 0 spiro atoms. The Bertz CT molecular complexity index is 1040. The van der Waals surface area contributed by atoms with E-state index in [-0.39, 0.29) is 5.76 Å². The first-order valence-corrected chi connectivity index (χ1v) is 10.1. The molecule has 0 aliphatic carbocycles. The molecule has 0 amide bonds. The molecule has 0 saturated heterocycles. The van der Waals surface area contributed by atoms with Gasteiger partial charge in [-0.25, -0.2) is 0 Å². The van der Waals surface area contributed by atoms with Crippen molar-refractivity contribution in [1.29, 1.82) is 0 Å². The summed E-state index contributed by atoms with van der Waals surface area (Å²) >= 11 is 19.0. The van der Waals surface area contributed by atoms with Crippen molar-refractivity contribution in [2.24, 2.45) is 0 Å². The summed E-state index contributed by atoms with van der Waals surface area (Å²) in [5, 5.41) is 17.0. The van der Waals surface area contributed by atoms with Crippen LogP contribution in [0.5, 0.6) is 0 Å². The van der Waals surface area contributed by atoms with E-state index in [9.17, 15) is 5.11 Å². The van der Waals surface area contributed by atoms with Gasteiger partial charge in [0.25, 0.3) is 0 Å². The number of rotatable bonds is 4. The lowest BCUT2D eigenvalue weighted by Crippen LogP contribution is -2.40. The average molecular weight is 435 g/mol. The number of benzene rings is 1. The van der Waals surface area contributed by atoms with Gasteiger partial charge in [0.05, 0.1) is 4.34 Å². The number of thiophene rings is 1. The summed E-state index contributed by atoms with van der Waals surface area (Å²) in [6, 6.07) is 12.8. The van der Waals surface area contributed by atoms with Crippen molar-refractivity contribution < 1.29 is 9.67 Å². The molecule has 0 atom stereocenters. The van der Waals surface area contributed by atoms with Gasteiger partial charge in [-0.05, 0) is 55.5 Å². The molecular weight excluding hydrogens is 419 g/mol. The first kappa shape index (κ1) is 19.8. The summed E-state index contributed by atoms with van der Waals surface area (Å²) < 4.78 is 2.29. The minimum atomic E-state index is -0.195. The maximum absolute atomic E-state index is 13.2. The maximum Gasteiger partial charge on any atom is 0.239 e. The van der Waals surface area contributed by atoms with Gasteiger partial charge >= 0.3 is 0 Å². The summed E-state index contributed by atoms with van der Waals surface area (Å²) in [4.78, 5) is 0.835. The zero-order valence-electron chi connectivity index (χ0n) is 14.6. The van der Waals surface area contributed by atoms with E-state index >= 15 is 0 Å². The highest BCUT2D eigenvalue weighted by molar-refractivity contribution is 7.81. The van der Waals surface area contributed by atoms with Gasteiger partial charge in [-0.2, -0.15) is 4.57 Å². The lowest BCUT2D eigenvalue weighted by atomic mass is 10.2. The largest absolute Gasteiger partial charge is 0.867 e. The number of aryl methyl sites for hydroxylation is 1. The van der Waals surface area contributed by atoms with E-state index in [1.807, 2.05) is 50.4 Å². The maximum atomic E-state index is 13.2. The third kappa shape index (κ3) is 4.50. The summed E-state index contributed by atoms with van der Waals surface area (Å²) in [6.45, 7) is 3.85. The molecule has 3 nitrogen and oxygen atoms in total. The monoisotopic (exact) mass is 434 g/mol. The lowest BCUT2D eigenvalue weighted by molar-refractivity contribution is -0.578. The second-order valence-electron chi connectivity index (χ2n) is 5.94. The van der Waals surface area contributed by atoms with Crippen LogP contribution in [0.15, 0.2) is 54.9 Å². The smallest absolute Gasteiger partial charge is 0.239 e. The minimum Gasteiger partial charge on any atom is -0.867 e. The van der Waals surface area contributed by atoms with E-state index in [0.29, 0.717) is 24.9 Å². The number of pyridine rings is 1. The molecule has 3 rings (SSSR count). The fourth-order valence-corrected chi connectivity index (χ4v) is 4.01. The van der Waals surface area contributed by atoms with Crippen LogP contribution in [0.2, 0.25) is 9.36 Å². The van der Waals surface area contributed by atoms with E-state index in [1.54, 1.807) is 22.9 Å². The Hall–Kier alpha value is -1.92. The number of nitrogens with zero attached hydrogens (tertiary/aromatic N) is 1. The Labute approximate surface area is 177 Å². The topological polar surface area (TPSA) is 39.0 Å². The number of aromatic nitrogens is 1. The number of halogens is 2. The molecule has 2 aromatic heterocycles. The highest BCUT2D eigenvalue weighted by Crippen LogP contribution is 2.28. The quantitative estimate of drug-likeness (QED) is 0.269. The van der Waals surface area contributed by atoms with Crippen LogP contribution in [0, 0.1) is 13.8 Å². The van der Waals surface area contributed by atoms with Gasteiger partial charge < -0.3 is 10.4 Å². The Morgan fingerprint density at radius 3 is 2.56 bits per heavy atom. The van der Waals surface area contributed by atoms with Crippen LogP contribution >= 0.6 is 46.8 Å². The molecule has 0 unspecified atom stereocenters. The lowest BCUT2D eigenvalue weighted by Gasteiger charge is -2.16. The van der Waals surface area contributed by atoms with Crippen molar-refractivity contribution in [2.75, 3.05) is 5.32 Å². The molecule has 3 aromatic rings. The van der Waals surface area contributed by atoms with E-state index in [4.69, 9.17) is 35.4 Å². The number of thiocarbonyl (C=S) groups is 1. The Morgan fingerprint density at radius 2 is 1.89 bits per heavy atom. The van der Waals surface area contributed by atoms with E-state index < -0.39 is 0 Å². The van der Waals surface area contributed by atoms with Gasteiger partial charge in [0.1, 0.15) is 0 Å². The number of hydrogen-bond acceptors (Lipinski definition) is 3. The number of hydrogen-bond donors (Lipinski definition) is 1. The van der Waals surface area contributed by atoms with Crippen LogP contribution in [0.4, 0.5) is 5.69 Å². The Balaban J connectivity index is 2.09. The number of nitrogens with one attached hydrogen (secondary N) is 1. The zero-order valence-corrected chi connectivity index (χ0v) is 17.8. The fraction of sp³-hybridized carbons (Fsp3) is 0.100. The van der Waals surface area contributed by atoms with Crippen molar-refractivity contribution in [1.82, 2.24) is 0 Å². The van der Waals surface area contributed by atoms with Crippen LogP contribution in [0.25, 0.3) is 11.5 Å². The van der Waals surface area contributed by atoms with Gasteiger partial charge in [0, 0.05) is 27.2 Å². The standard InChI is InChI=1S/C20H16Cl2N2OS2/c1-12-5-4-10-24(11-12)18(19(25)16-8-9-17(22)27-16)20(26)23-15-7-3-6-14(21)13(15)2/h3-11H,1-2H3,(H-,23,25,26). The predicted molar refractivity (Wildman–Crippen MR) is 116 cm³/mol. The highest BCUT2D eigenvalue weighted by atomic mass is 35.5. The van der Waals surface area contributed by atoms with Crippen molar-refractivity contribution in [3.8, 4) is 0 Å². The molecule has 138 valence electrons. The molecule has 0 saturated carbocycles. The Morgan fingerprint density at radius 1 is 1.11 bits per heavy atom. The second kappa shape index (κ2) is 8.40. The first-order valence-electron chi connectivity index (χ1n) is 8.08. The molecule has 27 heavy (non-hydrogen) atoms. The van der Waals surface area contributed by atoms with Gasteiger partial charge in [-0.3, -0.25) is 0 Å². The van der Waals surface area contributed by atoms with E-state index in [2.05, 4.69) is 5.32 Å². The molecular formula is C20H16Cl2N2OS2. The van der Waals surface area contributed by atoms with Crippen molar-refractivity contribution in [2.45, 2.75) is 13.8 Å². The van der Waals surface area contributed by atoms with Crippen LogP contribution < -0.4 is 15.0 Å². The van der Waals surface area contributed by atoms with Gasteiger partial charge in [-0.1, -0.05) is 41.5 Å². The van der Waals surface area contributed by atoms with E-state index in [0.717, 1.165) is 16.8 Å². The van der Waals surface area contributed by atoms with Crippen molar-refractivity contribution >= 4 is 68.9 Å². The molecule has 0 radical (unpaired) electrons. The second-order valence-corrected chi connectivity index (χ2v) is 8.47. The molecule has 0 fully saturated rings. The van der Waals surface area contributed by atoms with Crippen LogP contribution in [0.1, 0.15) is 16.0 Å². The van der Waals surface area contributed by atoms with Crippen LogP contribution in [-0.4, -0.2) is 4.99 Å². The molecule has 7 heteroatoms. The summed E-state index contributed by atoms with van der Waals surface area (Å²) in [5.41, 5.74) is 2.98. The highest BCUT2D eigenvalue weighted by Gasteiger charge is 2.20. The summed E-state index contributed by atoms with van der Waals surface area (Å²) in [6.07, 6.45) is 3.66. The average Bonchev–Trinajstić information content (AvgIpc) is 3.06. The third-order valence-electron chi connectivity index (χ3n) is 3.95. The SMILES string of the molecule is Cc1ccc[n+](/C(C(=S)Nc2cccc(Cl)c2C)=C(/[O-])c2ccc(Cl)s2)c1. The van der Waals surface area contributed by atoms with Gasteiger partial charge in [0.2, 0.25) is 5.70 Å². The molecule has 1 aromatic carbocycles. The predicted octanol–water partition coefficient (Wildman–Crippen LogP) is 5.08. The van der Waals surface area contributed by atoms with Crippen LogP contribution in [-0.2, 0) is 0 Å². The molecule has 0 bridgehead atoms. The minimum absolute atomic E-state index is 0.195. The zero-order chi connectivity index (χ0) is 19.6. The first-order chi connectivity index (χ1) is 12.9. The fourth-order valence-electron chi connectivity index (χ4n) is 2.55. The Kier molecular flexibility index (Phi) is 6.17. The molecule has 0 aliphatic heterocycles. The van der Waals surface area contributed by atoms with Crippen molar-refractivity contribution in [3.05, 3.63) is 80.2 Å². The molecule has 2 heterocycles. The van der Waals surface area contributed by atoms with Crippen molar-refractivity contribution in [3.63, 3.8) is 0 Å². The summed E-state index contributed by atoms with van der Waals surface area (Å²) in [7, 11) is 0. The van der Waals surface area contributed by atoms with E-state index in [1.165, 1.54) is 11.3 Å². The van der Waals surface area contributed by atoms with Gasteiger partial charge in [0.15, 0.2) is 17.4 Å². The van der Waals surface area contributed by atoms with Crippen LogP contribution in [0.3, 0.4) is 0 Å².